The fourth-order valence-electron chi connectivity index (χ4n) is 1.15. The zero-order chi connectivity index (χ0) is 12.7. The maximum absolute atomic E-state index is 11.2. The Morgan fingerprint density at radius 1 is 1.53 bits per heavy atom. The lowest BCUT2D eigenvalue weighted by molar-refractivity contribution is -0.141. The minimum atomic E-state index is -0.476. The predicted molar refractivity (Wildman–Crippen MR) is 62.9 cm³/mol. The van der Waals surface area contributed by atoms with Gasteiger partial charge in [0.05, 0.1) is 26.1 Å². The largest absolute Gasteiger partial charge is 0.477 e. The Kier molecular flexibility index (Phi) is 5.19. The molecule has 1 aromatic rings. The van der Waals surface area contributed by atoms with Crippen molar-refractivity contribution in [3.05, 3.63) is 12.4 Å². The average Bonchev–Trinajstić information content (AvgIpc) is 2.35. The molecule has 1 heterocycles. The minimum absolute atomic E-state index is 0.355. The SMILES string of the molecule is CCCOc1cncc(NC(C)C(=O)OC)n1. The number of carbonyl (C=O) groups is 1. The van der Waals surface area contributed by atoms with Gasteiger partial charge in [0, 0.05) is 0 Å². The van der Waals surface area contributed by atoms with E-state index < -0.39 is 6.04 Å². The van der Waals surface area contributed by atoms with Crippen LogP contribution in [0.4, 0.5) is 5.82 Å². The van der Waals surface area contributed by atoms with Crippen LogP contribution in [-0.2, 0) is 9.53 Å². The second kappa shape index (κ2) is 6.67. The molecule has 1 unspecified atom stereocenters. The van der Waals surface area contributed by atoms with E-state index >= 15 is 0 Å². The van der Waals surface area contributed by atoms with E-state index in [0.29, 0.717) is 18.3 Å². The van der Waals surface area contributed by atoms with E-state index in [1.54, 1.807) is 6.92 Å². The van der Waals surface area contributed by atoms with Crippen molar-refractivity contribution in [1.29, 1.82) is 0 Å². The first-order chi connectivity index (χ1) is 8.17. The molecule has 6 heteroatoms. The monoisotopic (exact) mass is 239 g/mol. The minimum Gasteiger partial charge on any atom is -0.477 e. The van der Waals surface area contributed by atoms with Gasteiger partial charge in [-0.25, -0.2) is 4.79 Å². The smallest absolute Gasteiger partial charge is 0.328 e. The van der Waals surface area contributed by atoms with E-state index in [9.17, 15) is 4.79 Å². The number of rotatable bonds is 6. The molecule has 1 aromatic heterocycles. The number of carbonyl (C=O) groups excluding carboxylic acids is 1. The number of ether oxygens (including phenoxy) is 2. The first-order valence-electron chi connectivity index (χ1n) is 5.46. The summed E-state index contributed by atoms with van der Waals surface area (Å²) < 4.78 is 9.93. The number of nitrogens with zero attached hydrogens (tertiary/aromatic N) is 2. The Bertz CT molecular complexity index is 371. The van der Waals surface area contributed by atoms with Crippen molar-refractivity contribution in [3.63, 3.8) is 0 Å². The number of esters is 1. The summed E-state index contributed by atoms with van der Waals surface area (Å²) in [4.78, 5) is 19.3. The van der Waals surface area contributed by atoms with Crippen LogP contribution in [0.5, 0.6) is 5.88 Å². The first-order valence-corrected chi connectivity index (χ1v) is 5.46. The fraction of sp³-hybridized carbons (Fsp3) is 0.545. The molecule has 0 aromatic carbocycles. The molecule has 0 spiro atoms. The van der Waals surface area contributed by atoms with Crippen LogP contribution in [0.1, 0.15) is 20.3 Å². The van der Waals surface area contributed by atoms with Crippen LogP contribution >= 0.6 is 0 Å². The summed E-state index contributed by atoms with van der Waals surface area (Å²) in [5.74, 6) is 0.567. The highest BCUT2D eigenvalue weighted by Gasteiger charge is 2.13. The molecule has 0 aliphatic carbocycles. The molecule has 1 atom stereocenters. The molecule has 0 radical (unpaired) electrons. The highest BCUT2D eigenvalue weighted by molar-refractivity contribution is 5.78. The van der Waals surface area contributed by atoms with Crippen molar-refractivity contribution in [2.75, 3.05) is 19.0 Å². The highest BCUT2D eigenvalue weighted by Crippen LogP contribution is 2.10. The second-order valence-electron chi connectivity index (χ2n) is 3.48. The Labute approximate surface area is 100 Å². The Balaban J connectivity index is 2.62. The van der Waals surface area contributed by atoms with Crippen LogP contribution in [-0.4, -0.2) is 35.7 Å². The number of hydrogen-bond donors (Lipinski definition) is 1. The zero-order valence-electron chi connectivity index (χ0n) is 10.3. The van der Waals surface area contributed by atoms with Gasteiger partial charge in [-0.2, -0.15) is 4.98 Å². The first kappa shape index (κ1) is 13.2. The van der Waals surface area contributed by atoms with Crippen molar-refractivity contribution in [2.24, 2.45) is 0 Å². The molecule has 0 saturated heterocycles. The Morgan fingerprint density at radius 3 is 2.94 bits per heavy atom. The molecule has 6 nitrogen and oxygen atoms in total. The lowest BCUT2D eigenvalue weighted by atomic mass is 10.3. The van der Waals surface area contributed by atoms with Crippen LogP contribution in [0, 0.1) is 0 Å². The van der Waals surface area contributed by atoms with Crippen LogP contribution in [0.3, 0.4) is 0 Å². The topological polar surface area (TPSA) is 73.3 Å². The van der Waals surface area contributed by atoms with Gasteiger partial charge in [-0.05, 0) is 13.3 Å². The molecule has 0 amide bonds. The van der Waals surface area contributed by atoms with Crippen molar-refractivity contribution in [2.45, 2.75) is 26.3 Å². The summed E-state index contributed by atoms with van der Waals surface area (Å²) in [6.07, 6.45) is 3.96. The third-order valence-electron chi connectivity index (χ3n) is 1.99. The van der Waals surface area contributed by atoms with Gasteiger partial charge in [0.1, 0.15) is 11.9 Å². The maximum atomic E-state index is 11.2. The van der Waals surface area contributed by atoms with E-state index in [-0.39, 0.29) is 5.97 Å². The van der Waals surface area contributed by atoms with Gasteiger partial charge >= 0.3 is 5.97 Å². The molecule has 1 rings (SSSR count). The molecule has 94 valence electrons. The molecule has 0 fully saturated rings. The summed E-state index contributed by atoms with van der Waals surface area (Å²) in [5.41, 5.74) is 0. The number of methoxy groups -OCH3 is 1. The Hall–Kier alpha value is -1.85. The van der Waals surface area contributed by atoms with Crippen molar-refractivity contribution < 1.29 is 14.3 Å². The summed E-state index contributed by atoms with van der Waals surface area (Å²) in [6.45, 7) is 4.28. The van der Waals surface area contributed by atoms with E-state index in [1.165, 1.54) is 19.5 Å². The average molecular weight is 239 g/mol. The number of nitrogens with one attached hydrogen (secondary N) is 1. The number of hydrogen-bond acceptors (Lipinski definition) is 6. The van der Waals surface area contributed by atoms with E-state index in [0.717, 1.165) is 6.42 Å². The lowest BCUT2D eigenvalue weighted by Gasteiger charge is -2.12. The fourth-order valence-corrected chi connectivity index (χ4v) is 1.15. The van der Waals surface area contributed by atoms with Crippen LogP contribution in [0.2, 0.25) is 0 Å². The summed E-state index contributed by atoms with van der Waals surface area (Å²) in [5, 5.41) is 2.88. The molecule has 0 aliphatic heterocycles. The predicted octanol–water partition coefficient (Wildman–Crippen LogP) is 1.24. The van der Waals surface area contributed by atoms with Gasteiger partial charge in [-0.1, -0.05) is 6.92 Å². The van der Waals surface area contributed by atoms with Gasteiger partial charge in [0.25, 0.3) is 0 Å². The van der Waals surface area contributed by atoms with Gasteiger partial charge < -0.3 is 14.8 Å². The molecular weight excluding hydrogens is 222 g/mol. The van der Waals surface area contributed by atoms with E-state index in [1.807, 2.05) is 6.92 Å². The van der Waals surface area contributed by atoms with Gasteiger partial charge in [-0.15, -0.1) is 0 Å². The van der Waals surface area contributed by atoms with Crippen LogP contribution in [0.25, 0.3) is 0 Å². The second-order valence-corrected chi connectivity index (χ2v) is 3.48. The third-order valence-corrected chi connectivity index (χ3v) is 1.99. The molecule has 17 heavy (non-hydrogen) atoms. The molecule has 0 saturated carbocycles. The Morgan fingerprint density at radius 2 is 2.29 bits per heavy atom. The maximum Gasteiger partial charge on any atom is 0.328 e. The highest BCUT2D eigenvalue weighted by atomic mass is 16.5. The van der Waals surface area contributed by atoms with Crippen LogP contribution < -0.4 is 10.1 Å². The quantitative estimate of drug-likeness (QED) is 0.753. The van der Waals surface area contributed by atoms with E-state index in [4.69, 9.17) is 4.74 Å². The van der Waals surface area contributed by atoms with Gasteiger partial charge in [-0.3, -0.25) is 4.98 Å². The standard InChI is InChI=1S/C11H17N3O3/c1-4-5-17-10-7-12-6-9(14-10)13-8(2)11(15)16-3/h6-8H,4-5H2,1-3H3,(H,13,14). The third kappa shape index (κ3) is 4.26. The lowest BCUT2D eigenvalue weighted by Crippen LogP contribution is -2.27. The zero-order valence-corrected chi connectivity index (χ0v) is 10.3. The van der Waals surface area contributed by atoms with Crippen LogP contribution in [0.15, 0.2) is 12.4 Å². The van der Waals surface area contributed by atoms with Gasteiger partial charge in [0.15, 0.2) is 0 Å². The number of anilines is 1. The van der Waals surface area contributed by atoms with Crippen molar-refractivity contribution in [3.8, 4) is 5.88 Å². The normalized spacial score (nSPS) is 11.7. The molecule has 0 aliphatic rings. The van der Waals surface area contributed by atoms with Gasteiger partial charge in [0.2, 0.25) is 5.88 Å². The summed E-state index contributed by atoms with van der Waals surface area (Å²) >= 11 is 0. The van der Waals surface area contributed by atoms with Crippen molar-refractivity contribution in [1.82, 2.24) is 9.97 Å². The molecule has 1 N–H and O–H groups in total. The van der Waals surface area contributed by atoms with E-state index in [2.05, 4.69) is 20.0 Å². The summed E-state index contributed by atoms with van der Waals surface area (Å²) in [7, 11) is 1.34. The van der Waals surface area contributed by atoms with Crippen molar-refractivity contribution >= 4 is 11.8 Å². The molecular formula is C11H17N3O3. The summed E-state index contributed by atoms with van der Waals surface area (Å²) in [6, 6.07) is -0.476. The number of aromatic nitrogens is 2. The molecule has 0 bridgehead atoms.